The molecule has 0 unspecified atom stereocenters. The number of hydrogen-bond donors (Lipinski definition) is 2. The van der Waals surface area contributed by atoms with Crippen molar-refractivity contribution < 1.29 is 4.79 Å². The van der Waals surface area contributed by atoms with E-state index >= 15 is 0 Å². The molecule has 0 atom stereocenters. The molecule has 1 saturated carbocycles. The molecule has 2 fully saturated rings. The predicted octanol–water partition coefficient (Wildman–Crippen LogP) is 4.45. The summed E-state index contributed by atoms with van der Waals surface area (Å²) in [4.78, 5) is 15.1. The Bertz CT molecular complexity index is 579. The van der Waals surface area contributed by atoms with Gasteiger partial charge in [-0.25, -0.2) is 0 Å². The zero-order valence-electron chi connectivity index (χ0n) is 17.1. The first-order chi connectivity index (χ1) is 12.7. The van der Waals surface area contributed by atoms with Gasteiger partial charge in [0.2, 0.25) is 0 Å². The van der Waals surface area contributed by atoms with E-state index in [2.05, 4.69) is 15.5 Å². The third-order valence-corrected chi connectivity index (χ3v) is 5.78. The Morgan fingerprint density at radius 1 is 1.04 bits per heavy atom. The molecule has 2 N–H and O–H groups in total. The lowest BCUT2D eigenvalue weighted by molar-refractivity contribution is 0.0954. The van der Waals surface area contributed by atoms with Gasteiger partial charge >= 0.3 is 0 Å². The molecule has 155 valence electrons. The van der Waals surface area contributed by atoms with Crippen LogP contribution in [0.1, 0.15) is 60.9 Å². The second-order valence-corrected chi connectivity index (χ2v) is 7.95. The number of rotatable bonds is 5. The van der Waals surface area contributed by atoms with Gasteiger partial charge in [-0.2, -0.15) is 0 Å². The lowest BCUT2D eigenvalue weighted by Gasteiger charge is -2.27. The van der Waals surface area contributed by atoms with Crippen molar-refractivity contribution in [3.05, 3.63) is 55.1 Å². The number of nitrogens with zero attached hydrogens (tertiary/aromatic N) is 1. The van der Waals surface area contributed by atoms with E-state index in [1.807, 2.05) is 18.2 Å². The topological polar surface area (TPSA) is 44.4 Å². The van der Waals surface area contributed by atoms with Crippen molar-refractivity contribution in [1.82, 2.24) is 15.5 Å². The number of halogens is 1. The van der Waals surface area contributed by atoms with Crippen molar-refractivity contribution in [1.29, 1.82) is 0 Å². The summed E-state index contributed by atoms with van der Waals surface area (Å²) in [5, 5.41) is 7.01. The Morgan fingerprint density at radius 2 is 1.68 bits per heavy atom. The Morgan fingerprint density at radius 3 is 2.36 bits per heavy atom. The summed E-state index contributed by atoms with van der Waals surface area (Å²) in [5.41, 5.74) is 1.76. The van der Waals surface area contributed by atoms with Crippen molar-refractivity contribution in [2.75, 3.05) is 32.7 Å². The van der Waals surface area contributed by atoms with Crippen molar-refractivity contribution in [2.45, 2.75) is 51.5 Å². The van der Waals surface area contributed by atoms with Gasteiger partial charge in [-0.3, -0.25) is 9.69 Å². The monoisotopic (exact) mass is 404 g/mol. The molecule has 4 nitrogen and oxygen atoms in total. The number of amides is 1. The van der Waals surface area contributed by atoms with Gasteiger partial charge in [0, 0.05) is 39.3 Å². The maximum atomic E-state index is 12.7. The molecule has 1 aromatic carbocycles. The molecule has 5 heteroatoms. The van der Waals surface area contributed by atoms with E-state index in [0.29, 0.717) is 17.1 Å². The molecule has 2 aliphatic rings. The normalized spacial score (nSPS) is 18.9. The van der Waals surface area contributed by atoms with Crippen molar-refractivity contribution in [3.63, 3.8) is 0 Å². The van der Waals surface area contributed by atoms with Gasteiger partial charge in [0.05, 0.1) is 10.6 Å². The second-order valence-electron chi connectivity index (χ2n) is 7.54. The minimum absolute atomic E-state index is 0. The van der Waals surface area contributed by atoms with Crippen molar-refractivity contribution in [3.8, 4) is 0 Å². The van der Waals surface area contributed by atoms with Crippen LogP contribution in [0.3, 0.4) is 0 Å². The molecule has 1 saturated heterocycles. The SMILES string of the molecule is O=C(NC[C]1CCCCCCC1)c1cc(CN2CCNCC2)ccc1Cl.[CH2].[CH2]. The van der Waals surface area contributed by atoms with Crippen LogP contribution in [0, 0.1) is 20.8 Å². The van der Waals surface area contributed by atoms with Gasteiger partial charge in [-0.05, 0) is 36.5 Å². The fourth-order valence-electron chi connectivity index (χ4n) is 3.85. The minimum Gasteiger partial charge on any atom is -0.351 e. The molecular formula is C23H35ClN3O. The van der Waals surface area contributed by atoms with Crippen LogP contribution >= 0.6 is 11.6 Å². The number of piperazine rings is 1. The van der Waals surface area contributed by atoms with Crippen LogP contribution in [0.5, 0.6) is 0 Å². The highest BCUT2D eigenvalue weighted by Crippen LogP contribution is 2.24. The standard InChI is InChI=1S/C21H31ClN3O.2CH2/c22-20-9-8-18(16-25-12-10-23-11-13-25)14-19(20)21(26)24-15-17-6-4-2-1-3-5-7-17;;/h8-9,14,23H,1-7,10-13,15-16H2,(H,24,26);2*1H2. The van der Waals surface area contributed by atoms with E-state index < -0.39 is 0 Å². The van der Waals surface area contributed by atoms with Crippen LogP contribution in [0.15, 0.2) is 18.2 Å². The van der Waals surface area contributed by atoms with Crippen LogP contribution in [-0.4, -0.2) is 43.5 Å². The average Bonchev–Trinajstić information content (AvgIpc) is 2.63. The second kappa shape index (κ2) is 13.2. The molecule has 3 rings (SSSR count). The third kappa shape index (κ3) is 7.73. The zero-order valence-corrected chi connectivity index (χ0v) is 17.8. The highest BCUT2D eigenvalue weighted by molar-refractivity contribution is 6.33. The summed E-state index contributed by atoms with van der Waals surface area (Å²) in [5.74, 6) is 1.43. The molecule has 1 amide bonds. The number of benzene rings is 1. The molecule has 1 aliphatic carbocycles. The number of hydrogen-bond acceptors (Lipinski definition) is 3. The highest BCUT2D eigenvalue weighted by atomic mass is 35.5. The third-order valence-electron chi connectivity index (χ3n) is 5.45. The van der Waals surface area contributed by atoms with Gasteiger partial charge < -0.3 is 10.6 Å². The lowest BCUT2D eigenvalue weighted by atomic mass is 9.91. The molecule has 0 bridgehead atoms. The summed E-state index contributed by atoms with van der Waals surface area (Å²) in [6.07, 6.45) is 8.80. The average molecular weight is 405 g/mol. The van der Waals surface area contributed by atoms with Crippen molar-refractivity contribution >= 4 is 17.5 Å². The van der Waals surface area contributed by atoms with Gasteiger partial charge in [-0.1, -0.05) is 64.6 Å². The van der Waals surface area contributed by atoms with E-state index in [4.69, 9.17) is 11.6 Å². The van der Waals surface area contributed by atoms with Gasteiger partial charge in [-0.15, -0.1) is 0 Å². The first-order valence-electron chi connectivity index (χ1n) is 10.1. The van der Waals surface area contributed by atoms with E-state index in [0.717, 1.165) is 51.1 Å². The van der Waals surface area contributed by atoms with E-state index in [1.54, 1.807) is 0 Å². The summed E-state index contributed by atoms with van der Waals surface area (Å²) in [7, 11) is 0. The molecule has 1 heterocycles. The highest BCUT2D eigenvalue weighted by Gasteiger charge is 2.17. The minimum atomic E-state index is -0.0493. The largest absolute Gasteiger partial charge is 0.351 e. The molecule has 1 aromatic rings. The van der Waals surface area contributed by atoms with Gasteiger partial charge in [0.15, 0.2) is 0 Å². The van der Waals surface area contributed by atoms with Crippen LogP contribution in [0.2, 0.25) is 5.02 Å². The van der Waals surface area contributed by atoms with Crippen LogP contribution in [-0.2, 0) is 6.54 Å². The molecule has 5 radical (unpaired) electrons. The number of nitrogens with one attached hydrogen (secondary N) is 2. The Labute approximate surface area is 177 Å². The lowest BCUT2D eigenvalue weighted by Crippen LogP contribution is -2.42. The molecule has 0 spiro atoms. The molecule has 0 aromatic heterocycles. The Balaban J connectivity index is 0.00000196. The molecular weight excluding hydrogens is 370 g/mol. The predicted molar refractivity (Wildman–Crippen MR) is 118 cm³/mol. The van der Waals surface area contributed by atoms with Crippen LogP contribution < -0.4 is 10.6 Å². The number of carbonyl (C=O) groups is 1. The van der Waals surface area contributed by atoms with Gasteiger partial charge in [0.25, 0.3) is 5.91 Å². The summed E-state index contributed by atoms with van der Waals surface area (Å²) >= 11 is 6.31. The maximum absolute atomic E-state index is 12.7. The fourth-order valence-corrected chi connectivity index (χ4v) is 4.06. The smallest absolute Gasteiger partial charge is 0.252 e. The molecule has 1 aliphatic heterocycles. The van der Waals surface area contributed by atoms with E-state index in [1.165, 1.54) is 38.0 Å². The Kier molecular flexibility index (Phi) is 11.7. The first-order valence-corrected chi connectivity index (χ1v) is 10.4. The maximum Gasteiger partial charge on any atom is 0.252 e. The summed E-state index contributed by atoms with van der Waals surface area (Å²) in [6.45, 7) is 5.71. The van der Waals surface area contributed by atoms with Crippen LogP contribution in [0.25, 0.3) is 0 Å². The Hall–Kier alpha value is -1.10. The molecule has 28 heavy (non-hydrogen) atoms. The zero-order chi connectivity index (χ0) is 18.2. The van der Waals surface area contributed by atoms with Crippen molar-refractivity contribution in [2.24, 2.45) is 0 Å². The fraction of sp³-hybridized carbons (Fsp3) is 0.565. The number of carbonyl (C=O) groups excluding carboxylic acids is 1. The summed E-state index contributed by atoms with van der Waals surface area (Å²) < 4.78 is 0. The van der Waals surface area contributed by atoms with E-state index in [9.17, 15) is 4.79 Å². The quantitative estimate of drug-likeness (QED) is 0.762. The van der Waals surface area contributed by atoms with Crippen LogP contribution in [0.4, 0.5) is 0 Å². The van der Waals surface area contributed by atoms with Gasteiger partial charge in [0.1, 0.15) is 0 Å². The summed E-state index contributed by atoms with van der Waals surface area (Å²) in [6, 6.07) is 5.85. The first kappa shape index (κ1) is 24.9. The van der Waals surface area contributed by atoms with E-state index in [-0.39, 0.29) is 20.8 Å².